The summed E-state index contributed by atoms with van der Waals surface area (Å²) in [5, 5.41) is 12.2. The summed E-state index contributed by atoms with van der Waals surface area (Å²) >= 11 is 5.03. The number of halogens is 1. The Hall–Kier alpha value is -1.13. The molecule has 42 heavy (non-hydrogen) atoms. The second kappa shape index (κ2) is 16.8. The zero-order chi connectivity index (χ0) is 32.5. The predicted molar refractivity (Wildman–Crippen MR) is 183 cm³/mol. The maximum Gasteiger partial charge on any atom is 0.309 e. The van der Waals surface area contributed by atoms with Gasteiger partial charge >= 0.3 is 5.97 Å². The molecule has 0 saturated carbocycles. The monoisotopic (exact) mass is 685 g/mol. The third-order valence-electron chi connectivity index (χ3n) is 8.45. The normalized spacial score (nSPS) is 16.6. The summed E-state index contributed by atoms with van der Waals surface area (Å²) < 4.78 is 12.9. The Morgan fingerprint density at radius 2 is 1.79 bits per heavy atom. The molecule has 0 saturated heterocycles. The van der Waals surface area contributed by atoms with Crippen LogP contribution in [0.2, 0.25) is 18.1 Å². The van der Waals surface area contributed by atoms with Crippen molar-refractivity contribution >= 4 is 53.4 Å². The molecule has 0 spiro atoms. The van der Waals surface area contributed by atoms with Gasteiger partial charge in [-0.05, 0) is 82.7 Å². The molecule has 1 rings (SSSR count). The van der Waals surface area contributed by atoms with Gasteiger partial charge in [-0.25, -0.2) is 4.98 Å². The van der Waals surface area contributed by atoms with E-state index in [9.17, 15) is 14.7 Å². The Labute approximate surface area is 269 Å². The number of allylic oxidation sites excluding steroid dienone is 1. The molecule has 0 radical (unpaired) electrons. The van der Waals surface area contributed by atoms with Gasteiger partial charge < -0.3 is 14.3 Å². The number of thiazole rings is 1. The lowest BCUT2D eigenvalue weighted by molar-refractivity contribution is -0.152. The van der Waals surface area contributed by atoms with E-state index in [4.69, 9.17) is 9.16 Å². The second-order valence-electron chi connectivity index (χ2n) is 13.9. The Morgan fingerprint density at radius 1 is 1.17 bits per heavy atom. The van der Waals surface area contributed by atoms with E-state index < -0.39 is 25.9 Å². The van der Waals surface area contributed by atoms with Gasteiger partial charge in [-0.3, -0.25) is 9.59 Å². The Balaban J connectivity index is 3.27. The zero-order valence-electron chi connectivity index (χ0n) is 28.1. The molecule has 1 heterocycles. The summed E-state index contributed by atoms with van der Waals surface area (Å²) in [5.41, 5.74) is 2.11. The lowest BCUT2D eigenvalue weighted by Gasteiger charge is -2.43. The fourth-order valence-corrected chi connectivity index (χ4v) is 6.94. The van der Waals surface area contributed by atoms with E-state index in [1.165, 1.54) is 5.57 Å². The smallest absolute Gasteiger partial charge is 0.309 e. The van der Waals surface area contributed by atoms with E-state index in [1.807, 2.05) is 46.1 Å². The number of Topliss-reactive ketones (excluding diaryl/α,β-unsaturated/α-hetero) is 1. The Morgan fingerprint density at radius 3 is 2.29 bits per heavy atom. The molecule has 0 fully saturated rings. The van der Waals surface area contributed by atoms with Gasteiger partial charge in [0.15, 0.2) is 14.1 Å². The molecule has 4 atom stereocenters. The number of nitrogens with zero attached hydrogens (tertiary/aromatic N) is 1. The summed E-state index contributed by atoms with van der Waals surface area (Å²) in [6, 6.07) is 0. The van der Waals surface area contributed by atoms with Crippen LogP contribution in [0.4, 0.5) is 0 Å². The maximum absolute atomic E-state index is 13.6. The number of rotatable bonds is 17. The summed E-state index contributed by atoms with van der Waals surface area (Å²) in [7, 11) is -2.31. The highest BCUT2D eigenvalue weighted by Gasteiger charge is 2.47. The minimum absolute atomic E-state index is 0.000359. The first kappa shape index (κ1) is 38.9. The summed E-state index contributed by atoms with van der Waals surface area (Å²) in [4.78, 5) is 31.1. The van der Waals surface area contributed by atoms with Crippen molar-refractivity contribution in [3.8, 4) is 0 Å². The van der Waals surface area contributed by atoms with Gasteiger partial charge in [0, 0.05) is 23.8 Å². The molecule has 0 aromatic carbocycles. The van der Waals surface area contributed by atoms with Crippen molar-refractivity contribution in [3.63, 3.8) is 0 Å². The highest BCUT2D eigenvalue weighted by atomic mass is 79.9. The van der Waals surface area contributed by atoms with E-state index >= 15 is 0 Å². The highest BCUT2D eigenvalue weighted by Crippen LogP contribution is 2.41. The van der Waals surface area contributed by atoms with Crippen LogP contribution in [0.3, 0.4) is 0 Å². The number of hydrogen-bond acceptors (Lipinski definition) is 7. The first-order valence-electron chi connectivity index (χ1n) is 15.1. The van der Waals surface area contributed by atoms with Crippen molar-refractivity contribution < 1.29 is 23.9 Å². The first-order valence-corrected chi connectivity index (χ1v) is 19.8. The van der Waals surface area contributed by atoms with E-state index in [1.54, 1.807) is 11.3 Å². The summed E-state index contributed by atoms with van der Waals surface area (Å²) in [6.07, 6.45) is 6.50. The number of esters is 1. The van der Waals surface area contributed by atoms with Crippen LogP contribution in [0.25, 0.3) is 6.08 Å². The van der Waals surface area contributed by atoms with Gasteiger partial charge in [-0.2, -0.15) is 0 Å². The molecule has 1 N–H and O–H groups in total. The number of carbonyl (C=O) groups is 2. The zero-order valence-corrected chi connectivity index (χ0v) is 31.5. The van der Waals surface area contributed by atoms with Crippen LogP contribution in [0.5, 0.6) is 0 Å². The van der Waals surface area contributed by atoms with Crippen molar-refractivity contribution in [3.05, 3.63) is 33.3 Å². The van der Waals surface area contributed by atoms with Gasteiger partial charge in [-0.15, -0.1) is 11.3 Å². The molecule has 0 bridgehead atoms. The molecular formula is C33H56BrNO5SSi. The van der Waals surface area contributed by atoms with E-state index in [0.717, 1.165) is 35.5 Å². The maximum atomic E-state index is 13.6. The van der Waals surface area contributed by atoms with Crippen molar-refractivity contribution in [2.75, 3.05) is 6.61 Å². The quantitative estimate of drug-likeness (QED) is 0.0762. The molecule has 1 aromatic rings. The van der Waals surface area contributed by atoms with Crippen molar-refractivity contribution in [1.29, 1.82) is 0 Å². The SMILES string of the molecule is C/C(=C/CC(OC(=O)C[C@H](O[Si](C)(C)C(C)(C)C)C(C)(C)C(=O)C(C)Br)/C(C)=C/c1csc(C)n1)CCCC(C)CO. The molecule has 0 aliphatic carbocycles. The van der Waals surface area contributed by atoms with Crippen molar-refractivity contribution in [1.82, 2.24) is 4.98 Å². The molecular weight excluding hydrogens is 630 g/mol. The molecule has 3 unspecified atom stereocenters. The molecule has 0 amide bonds. The number of aryl methyl sites for hydroxylation is 1. The number of ether oxygens (including phenoxy) is 1. The summed E-state index contributed by atoms with van der Waals surface area (Å²) in [5.74, 6) is -0.0835. The topological polar surface area (TPSA) is 85.7 Å². The molecule has 0 aliphatic heterocycles. The average Bonchev–Trinajstić information content (AvgIpc) is 3.28. The minimum atomic E-state index is -2.31. The third-order valence-corrected chi connectivity index (χ3v) is 14.1. The van der Waals surface area contributed by atoms with Gasteiger partial charge in [-0.1, -0.05) is 69.1 Å². The van der Waals surface area contributed by atoms with Crippen LogP contribution in [0, 0.1) is 18.3 Å². The number of aromatic nitrogens is 1. The second-order valence-corrected chi connectivity index (χ2v) is 21.1. The van der Waals surface area contributed by atoms with E-state index in [0.29, 0.717) is 12.3 Å². The van der Waals surface area contributed by atoms with Crippen LogP contribution < -0.4 is 0 Å². The number of hydrogen-bond donors (Lipinski definition) is 1. The highest BCUT2D eigenvalue weighted by molar-refractivity contribution is 9.10. The lowest BCUT2D eigenvalue weighted by atomic mass is 9.79. The van der Waals surface area contributed by atoms with Gasteiger partial charge in [0.25, 0.3) is 0 Å². The largest absolute Gasteiger partial charge is 0.457 e. The molecule has 240 valence electrons. The van der Waals surface area contributed by atoms with E-state index in [-0.39, 0.29) is 34.6 Å². The average molecular weight is 687 g/mol. The first-order chi connectivity index (χ1) is 19.2. The number of ketones is 1. The molecule has 0 aliphatic rings. The van der Waals surface area contributed by atoms with Crippen LogP contribution in [-0.4, -0.2) is 53.8 Å². The van der Waals surface area contributed by atoms with Crippen LogP contribution in [-0.2, 0) is 18.8 Å². The van der Waals surface area contributed by atoms with Crippen molar-refractivity contribution in [2.45, 2.75) is 137 Å². The molecule has 6 nitrogen and oxygen atoms in total. The fourth-order valence-electron chi connectivity index (χ4n) is 4.34. The van der Waals surface area contributed by atoms with Crippen molar-refractivity contribution in [2.24, 2.45) is 11.3 Å². The van der Waals surface area contributed by atoms with E-state index in [2.05, 4.69) is 74.7 Å². The standard InChI is InChI=1S/C33H56BrNO5SSi/c1-22(14-13-15-23(2)20-36)16-17-28(24(3)18-27-21-41-26(5)35-27)39-30(37)19-29(33(9,10)31(38)25(4)34)40-42(11,12)32(6,7)8/h16,18,21,23,25,28-29,36H,13-15,17,19-20H2,1-12H3/b22-16-,24-18+/t23?,25?,28?,29-/m0/s1. The van der Waals surface area contributed by atoms with Gasteiger partial charge in [0.2, 0.25) is 0 Å². The van der Waals surface area contributed by atoms with Gasteiger partial charge in [0.1, 0.15) is 6.10 Å². The third kappa shape index (κ3) is 12.5. The summed E-state index contributed by atoms with van der Waals surface area (Å²) in [6.45, 7) is 24.6. The lowest BCUT2D eigenvalue weighted by Crippen LogP contribution is -2.51. The molecule has 1 aromatic heterocycles. The number of aliphatic hydroxyl groups excluding tert-OH is 1. The van der Waals surface area contributed by atoms with Crippen LogP contribution >= 0.6 is 27.3 Å². The van der Waals surface area contributed by atoms with Crippen LogP contribution in [0.15, 0.2) is 22.6 Å². The fraction of sp³-hybridized carbons (Fsp3) is 0.727. The predicted octanol–water partition coefficient (Wildman–Crippen LogP) is 9.06. The Kier molecular flexibility index (Phi) is 15.6. The minimum Gasteiger partial charge on any atom is -0.457 e. The number of alkyl halides is 1. The van der Waals surface area contributed by atoms with Gasteiger partial charge in [0.05, 0.1) is 28.1 Å². The number of carbonyl (C=O) groups excluding carboxylic acids is 2. The van der Waals surface area contributed by atoms with Crippen LogP contribution in [0.1, 0.15) is 105 Å². The number of aliphatic hydroxyl groups is 1. The molecule has 9 heteroatoms. The Bertz CT molecular complexity index is 1090.